The summed E-state index contributed by atoms with van der Waals surface area (Å²) in [6.07, 6.45) is 1.78. The molecule has 2 unspecified atom stereocenters. The lowest BCUT2D eigenvalue weighted by Gasteiger charge is -2.33. The van der Waals surface area contributed by atoms with Crippen LogP contribution in [0.25, 0.3) is 0 Å². The first-order valence-corrected chi connectivity index (χ1v) is 5.21. The van der Waals surface area contributed by atoms with Crippen LogP contribution < -0.4 is 5.73 Å². The van der Waals surface area contributed by atoms with Crippen molar-refractivity contribution in [1.29, 1.82) is 0 Å². The van der Waals surface area contributed by atoms with E-state index < -0.39 is 6.17 Å². The second kappa shape index (κ2) is 3.87. The van der Waals surface area contributed by atoms with Gasteiger partial charge in [0.2, 0.25) is 6.17 Å². The van der Waals surface area contributed by atoms with Crippen LogP contribution >= 0.6 is 0 Å². The molecule has 0 aromatic heterocycles. The van der Waals surface area contributed by atoms with E-state index in [-0.39, 0.29) is 5.91 Å². The number of hydrogen-bond donors (Lipinski definition) is 1. The molecule has 1 rings (SSSR count). The number of likely N-dealkylation sites (N-methyl/N-ethyl adjacent to an activating group) is 1. The van der Waals surface area contributed by atoms with Crippen molar-refractivity contribution in [3.05, 3.63) is 0 Å². The summed E-state index contributed by atoms with van der Waals surface area (Å²) in [6, 6.07) is 0.361. The standard InChI is InChI=1S/C10H22N3O/c1-8-6-5-7-12(8)10(14)9(11)13(2,3)4/h8-9H,5-7,11H2,1-4H3/q+1. The molecule has 4 nitrogen and oxygen atoms in total. The first-order valence-electron chi connectivity index (χ1n) is 5.21. The molecule has 1 heterocycles. The Morgan fingerprint density at radius 2 is 2.07 bits per heavy atom. The predicted molar refractivity (Wildman–Crippen MR) is 56.4 cm³/mol. The Labute approximate surface area is 86.2 Å². The molecular formula is C10H22N3O+. The summed E-state index contributed by atoms with van der Waals surface area (Å²) in [5.74, 6) is 0.0856. The van der Waals surface area contributed by atoms with Crippen LogP contribution in [-0.2, 0) is 4.79 Å². The van der Waals surface area contributed by atoms with Crippen molar-refractivity contribution >= 4 is 5.91 Å². The van der Waals surface area contributed by atoms with Gasteiger partial charge in [-0.2, -0.15) is 0 Å². The number of hydrogen-bond acceptors (Lipinski definition) is 2. The van der Waals surface area contributed by atoms with E-state index in [1.165, 1.54) is 0 Å². The molecule has 2 atom stereocenters. The van der Waals surface area contributed by atoms with Gasteiger partial charge in [-0.15, -0.1) is 0 Å². The number of quaternary nitrogens is 1. The predicted octanol–water partition coefficient (Wildman–Crippen LogP) is -0.0117. The van der Waals surface area contributed by atoms with Crippen LogP contribution in [0, 0.1) is 0 Å². The van der Waals surface area contributed by atoms with Gasteiger partial charge in [0.1, 0.15) is 0 Å². The number of amides is 1. The zero-order chi connectivity index (χ0) is 10.9. The molecule has 2 N–H and O–H groups in total. The first-order chi connectivity index (χ1) is 6.34. The monoisotopic (exact) mass is 200 g/mol. The number of carbonyl (C=O) groups is 1. The van der Waals surface area contributed by atoms with Gasteiger partial charge >= 0.3 is 0 Å². The lowest BCUT2D eigenvalue weighted by atomic mass is 10.2. The quantitative estimate of drug-likeness (QED) is 0.503. The fourth-order valence-corrected chi connectivity index (χ4v) is 1.76. The van der Waals surface area contributed by atoms with Crippen LogP contribution in [0.5, 0.6) is 0 Å². The Morgan fingerprint density at radius 3 is 2.43 bits per heavy atom. The Balaban J connectivity index is 2.65. The van der Waals surface area contributed by atoms with E-state index in [1.54, 1.807) is 0 Å². The van der Waals surface area contributed by atoms with E-state index in [1.807, 2.05) is 26.0 Å². The molecule has 0 radical (unpaired) electrons. The van der Waals surface area contributed by atoms with Gasteiger partial charge in [-0.1, -0.05) is 0 Å². The average Bonchev–Trinajstić information content (AvgIpc) is 2.47. The molecule has 0 aromatic rings. The van der Waals surface area contributed by atoms with Crippen LogP contribution in [0.1, 0.15) is 19.8 Å². The third-order valence-electron chi connectivity index (χ3n) is 2.92. The Bertz CT molecular complexity index is 218. The summed E-state index contributed by atoms with van der Waals surface area (Å²) >= 11 is 0. The smallest absolute Gasteiger partial charge is 0.297 e. The van der Waals surface area contributed by atoms with E-state index in [0.717, 1.165) is 19.4 Å². The van der Waals surface area contributed by atoms with Gasteiger partial charge < -0.3 is 9.38 Å². The van der Waals surface area contributed by atoms with Gasteiger partial charge in [0.15, 0.2) is 0 Å². The topological polar surface area (TPSA) is 46.3 Å². The molecule has 4 heteroatoms. The lowest BCUT2D eigenvalue weighted by Crippen LogP contribution is -2.60. The molecule has 0 aliphatic carbocycles. The van der Waals surface area contributed by atoms with Crippen molar-refractivity contribution in [2.24, 2.45) is 5.73 Å². The molecule has 0 saturated carbocycles. The fraction of sp³-hybridized carbons (Fsp3) is 0.900. The zero-order valence-corrected chi connectivity index (χ0v) is 9.66. The summed E-state index contributed by atoms with van der Waals surface area (Å²) in [7, 11) is 5.84. The fourth-order valence-electron chi connectivity index (χ4n) is 1.76. The van der Waals surface area contributed by atoms with Crippen LogP contribution in [0.2, 0.25) is 0 Å². The van der Waals surface area contributed by atoms with Crippen molar-refractivity contribution in [2.45, 2.75) is 32.0 Å². The Morgan fingerprint density at radius 1 is 1.50 bits per heavy atom. The van der Waals surface area contributed by atoms with Crippen molar-refractivity contribution in [1.82, 2.24) is 4.90 Å². The molecule has 0 bridgehead atoms. The number of carbonyl (C=O) groups excluding carboxylic acids is 1. The molecule has 1 amide bonds. The normalized spacial score (nSPS) is 25.2. The Kier molecular flexibility index (Phi) is 3.17. The summed E-state index contributed by atoms with van der Waals surface area (Å²) in [6.45, 7) is 2.96. The average molecular weight is 200 g/mol. The number of likely N-dealkylation sites (tertiary alicyclic amines) is 1. The minimum absolute atomic E-state index is 0.0856. The van der Waals surface area contributed by atoms with Gasteiger partial charge in [-0.3, -0.25) is 10.5 Å². The van der Waals surface area contributed by atoms with Gasteiger partial charge in [0, 0.05) is 12.6 Å². The van der Waals surface area contributed by atoms with Gasteiger partial charge in [0.05, 0.1) is 21.1 Å². The van der Waals surface area contributed by atoms with Crippen LogP contribution in [0.3, 0.4) is 0 Å². The highest BCUT2D eigenvalue weighted by atomic mass is 16.2. The van der Waals surface area contributed by atoms with Crippen LogP contribution in [-0.4, -0.2) is 55.2 Å². The Hall–Kier alpha value is -0.610. The van der Waals surface area contributed by atoms with E-state index in [0.29, 0.717) is 10.5 Å². The third kappa shape index (κ3) is 2.25. The van der Waals surface area contributed by atoms with E-state index >= 15 is 0 Å². The molecule has 1 saturated heterocycles. The summed E-state index contributed by atoms with van der Waals surface area (Å²) < 4.78 is 0.488. The number of nitrogens with two attached hydrogens (primary N) is 1. The highest BCUT2D eigenvalue weighted by molar-refractivity contribution is 5.80. The maximum absolute atomic E-state index is 12.0. The van der Waals surface area contributed by atoms with E-state index in [2.05, 4.69) is 6.92 Å². The maximum atomic E-state index is 12.0. The second-order valence-corrected chi connectivity index (χ2v) is 5.08. The van der Waals surface area contributed by atoms with E-state index in [9.17, 15) is 4.79 Å². The first kappa shape index (κ1) is 11.5. The summed E-state index contributed by atoms with van der Waals surface area (Å²) in [4.78, 5) is 13.9. The van der Waals surface area contributed by atoms with E-state index in [4.69, 9.17) is 5.73 Å². The SMILES string of the molecule is CC1CCCN1C(=O)C(N)[N+](C)(C)C. The molecule has 0 aromatic carbocycles. The van der Waals surface area contributed by atoms with Crippen LogP contribution in [0.15, 0.2) is 0 Å². The van der Waals surface area contributed by atoms with Crippen molar-refractivity contribution < 1.29 is 9.28 Å². The molecule has 0 spiro atoms. The third-order valence-corrected chi connectivity index (χ3v) is 2.92. The summed E-state index contributed by atoms with van der Waals surface area (Å²) in [5.41, 5.74) is 5.92. The molecule has 14 heavy (non-hydrogen) atoms. The second-order valence-electron chi connectivity index (χ2n) is 5.08. The molecule has 1 aliphatic heterocycles. The molecular weight excluding hydrogens is 178 g/mol. The van der Waals surface area contributed by atoms with Gasteiger partial charge in [-0.05, 0) is 19.8 Å². The number of rotatable bonds is 2. The summed E-state index contributed by atoms with van der Waals surface area (Å²) in [5, 5.41) is 0. The van der Waals surface area contributed by atoms with Crippen molar-refractivity contribution in [3.8, 4) is 0 Å². The van der Waals surface area contributed by atoms with Crippen molar-refractivity contribution in [2.75, 3.05) is 27.7 Å². The molecule has 1 fully saturated rings. The zero-order valence-electron chi connectivity index (χ0n) is 9.66. The van der Waals surface area contributed by atoms with Crippen LogP contribution in [0.4, 0.5) is 0 Å². The largest absolute Gasteiger partial charge is 0.334 e. The van der Waals surface area contributed by atoms with Crippen molar-refractivity contribution in [3.63, 3.8) is 0 Å². The lowest BCUT2D eigenvalue weighted by molar-refractivity contribution is -0.886. The number of nitrogens with zero attached hydrogens (tertiary/aromatic N) is 2. The minimum Gasteiger partial charge on any atom is -0.334 e. The maximum Gasteiger partial charge on any atom is 0.297 e. The van der Waals surface area contributed by atoms with Gasteiger partial charge in [0.25, 0.3) is 5.91 Å². The highest BCUT2D eigenvalue weighted by Gasteiger charge is 2.35. The highest BCUT2D eigenvalue weighted by Crippen LogP contribution is 2.18. The minimum atomic E-state index is -0.435. The van der Waals surface area contributed by atoms with Gasteiger partial charge in [-0.25, -0.2) is 0 Å². The molecule has 82 valence electrons. The molecule has 1 aliphatic rings.